The van der Waals surface area contributed by atoms with Crippen molar-refractivity contribution in [3.63, 3.8) is 0 Å². The number of carbonyl (C=O) groups excluding carboxylic acids is 1. The summed E-state index contributed by atoms with van der Waals surface area (Å²) in [6.45, 7) is 1.35. The molecule has 3 N–H and O–H groups in total. The molecule has 1 atom stereocenters. The number of carbonyl (C=O) groups is 1. The molecule has 0 bridgehead atoms. The lowest BCUT2D eigenvalue weighted by atomic mass is 10.1. The summed E-state index contributed by atoms with van der Waals surface area (Å²) in [5.74, 6) is -0.395. The molecule has 0 aliphatic rings. The molecule has 0 saturated heterocycles. The Hall–Kier alpha value is -2.36. The summed E-state index contributed by atoms with van der Waals surface area (Å²) in [6, 6.07) is 1.69. The first-order valence-electron chi connectivity index (χ1n) is 6.65. The molecule has 10 heteroatoms. The van der Waals surface area contributed by atoms with Crippen molar-refractivity contribution in [1.29, 1.82) is 0 Å². The van der Waals surface area contributed by atoms with E-state index in [0.29, 0.717) is 6.07 Å². The van der Waals surface area contributed by atoms with Gasteiger partial charge in [-0.05, 0) is 19.1 Å². The number of nitro groups is 1. The van der Waals surface area contributed by atoms with Gasteiger partial charge in [-0.25, -0.2) is 0 Å². The molecule has 0 radical (unpaired) electrons. The van der Waals surface area contributed by atoms with Crippen LogP contribution in [0.25, 0.3) is 0 Å². The Balaban J connectivity index is 2.73. The summed E-state index contributed by atoms with van der Waals surface area (Å²) in [6.07, 6.45) is -4.73. The number of aliphatic hydroxyl groups excluding tert-OH is 1. The van der Waals surface area contributed by atoms with Gasteiger partial charge in [-0.1, -0.05) is 0 Å². The summed E-state index contributed by atoms with van der Waals surface area (Å²) in [5.41, 5.74) is -1.95. The summed E-state index contributed by atoms with van der Waals surface area (Å²) in [5, 5.41) is 24.7. The van der Waals surface area contributed by atoms with E-state index in [-0.39, 0.29) is 25.3 Å². The molecule has 1 amide bonds. The molecule has 1 aromatic carbocycles. The maximum atomic E-state index is 12.6. The zero-order valence-corrected chi connectivity index (χ0v) is 12.2. The third-order valence-electron chi connectivity index (χ3n) is 2.87. The molecule has 0 aliphatic carbocycles. The van der Waals surface area contributed by atoms with Crippen LogP contribution in [0.3, 0.4) is 0 Å². The van der Waals surface area contributed by atoms with Crippen molar-refractivity contribution in [3.8, 4) is 0 Å². The first kappa shape index (κ1) is 18.7. The lowest BCUT2D eigenvalue weighted by molar-refractivity contribution is -0.384. The molecule has 0 aromatic heterocycles. The van der Waals surface area contributed by atoms with Gasteiger partial charge in [0.15, 0.2) is 0 Å². The van der Waals surface area contributed by atoms with Gasteiger partial charge < -0.3 is 15.7 Å². The Bertz CT molecular complexity index is 578. The second-order valence-electron chi connectivity index (χ2n) is 4.81. The van der Waals surface area contributed by atoms with Crippen molar-refractivity contribution >= 4 is 17.3 Å². The smallest absolute Gasteiger partial charge is 0.394 e. The number of amides is 1. The van der Waals surface area contributed by atoms with Crippen molar-refractivity contribution in [2.45, 2.75) is 25.6 Å². The minimum absolute atomic E-state index is 0.00378. The summed E-state index contributed by atoms with van der Waals surface area (Å²) < 4.78 is 37.7. The van der Waals surface area contributed by atoms with Crippen molar-refractivity contribution < 1.29 is 28.0 Å². The molecule has 0 saturated carbocycles. The van der Waals surface area contributed by atoms with E-state index in [4.69, 9.17) is 5.11 Å². The molecule has 0 spiro atoms. The van der Waals surface area contributed by atoms with Gasteiger partial charge in [0.2, 0.25) is 5.91 Å². The van der Waals surface area contributed by atoms with Crippen LogP contribution in [-0.4, -0.2) is 35.1 Å². The summed E-state index contributed by atoms with van der Waals surface area (Å²) >= 11 is 0. The quantitative estimate of drug-likeness (QED) is 0.521. The maximum Gasteiger partial charge on any atom is 0.416 e. The maximum absolute atomic E-state index is 12.6. The monoisotopic (exact) mass is 335 g/mol. The number of halogens is 3. The van der Waals surface area contributed by atoms with E-state index in [9.17, 15) is 28.1 Å². The van der Waals surface area contributed by atoms with E-state index in [0.717, 1.165) is 12.1 Å². The predicted molar refractivity (Wildman–Crippen MR) is 75.9 cm³/mol. The molecule has 0 heterocycles. The number of alkyl halides is 3. The third-order valence-corrected chi connectivity index (χ3v) is 2.87. The Morgan fingerprint density at radius 3 is 2.61 bits per heavy atom. The number of nitro benzene ring substituents is 1. The van der Waals surface area contributed by atoms with Crippen LogP contribution in [0.5, 0.6) is 0 Å². The zero-order valence-electron chi connectivity index (χ0n) is 12.2. The summed E-state index contributed by atoms with van der Waals surface area (Å²) in [4.78, 5) is 21.4. The van der Waals surface area contributed by atoms with Crippen LogP contribution >= 0.6 is 0 Å². The second-order valence-corrected chi connectivity index (χ2v) is 4.81. The van der Waals surface area contributed by atoms with Crippen LogP contribution in [0.1, 0.15) is 18.9 Å². The van der Waals surface area contributed by atoms with Gasteiger partial charge in [0.25, 0.3) is 5.69 Å². The summed E-state index contributed by atoms with van der Waals surface area (Å²) in [7, 11) is 0. The molecule has 128 valence electrons. The van der Waals surface area contributed by atoms with E-state index in [1.54, 1.807) is 6.92 Å². The van der Waals surface area contributed by atoms with Crippen LogP contribution in [0.2, 0.25) is 0 Å². The highest BCUT2D eigenvalue weighted by Crippen LogP contribution is 2.34. The van der Waals surface area contributed by atoms with Gasteiger partial charge in [-0.3, -0.25) is 14.9 Å². The largest absolute Gasteiger partial charge is 0.416 e. The highest BCUT2D eigenvalue weighted by atomic mass is 19.4. The molecular weight excluding hydrogens is 319 g/mol. The average Bonchev–Trinajstić information content (AvgIpc) is 2.45. The number of hydrogen-bond acceptors (Lipinski definition) is 5. The first-order valence-corrected chi connectivity index (χ1v) is 6.65. The van der Waals surface area contributed by atoms with Gasteiger partial charge in [0.1, 0.15) is 5.69 Å². The van der Waals surface area contributed by atoms with E-state index >= 15 is 0 Å². The van der Waals surface area contributed by atoms with Crippen LogP contribution in [0.15, 0.2) is 18.2 Å². The Morgan fingerprint density at radius 2 is 2.09 bits per heavy atom. The number of rotatable bonds is 7. The number of benzene rings is 1. The highest BCUT2D eigenvalue weighted by Gasteiger charge is 2.33. The topological polar surface area (TPSA) is 104 Å². The van der Waals surface area contributed by atoms with Crippen LogP contribution < -0.4 is 10.6 Å². The zero-order chi connectivity index (χ0) is 17.6. The van der Waals surface area contributed by atoms with Gasteiger partial charge in [0, 0.05) is 25.1 Å². The number of nitrogens with one attached hydrogen (secondary N) is 2. The molecular formula is C13H16F3N3O4. The molecule has 1 aromatic rings. The lowest BCUT2D eigenvalue weighted by Crippen LogP contribution is -2.35. The van der Waals surface area contributed by atoms with E-state index in [1.165, 1.54) is 0 Å². The minimum atomic E-state index is -4.68. The van der Waals surface area contributed by atoms with Crippen LogP contribution in [0, 0.1) is 10.1 Å². The second kappa shape index (κ2) is 7.77. The van der Waals surface area contributed by atoms with Crippen molar-refractivity contribution in [3.05, 3.63) is 33.9 Å². The molecule has 1 rings (SSSR count). The molecule has 7 nitrogen and oxygen atoms in total. The van der Waals surface area contributed by atoms with E-state index in [1.807, 2.05) is 0 Å². The Morgan fingerprint density at radius 1 is 1.43 bits per heavy atom. The molecule has 23 heavy (non-hydrogen) atoms. The number of nitrogens with zero attached hydrogens (tertiary/aromatic N) is 1. The minimum Gasteiger partial charge on any atom is -0.394 e. The highest BCUT2D eigenvalue weighted by molar-refractivity contribution is 5.77. The van der Waals surface area contributed by atoms with E-state index in [2.05, 4.69) is 10.6 Å². The van der Waals surface area contributed by atoms with Gasteiger partial charge in [-0.15, -0.1) is 0 Å². The predicted octanol–water partition coefficient (Wildman–Crippen LogP) is 1.91. The Kier molecular flexibility index (Phi) is 6.31. The SMILES string of the molecule is CC(CO)NC(=O)CCNc1ccc(C(F)(F)F)cc1[N+](=O)[O-]. The van der Waals surface area contributed by atoms with Crippen molar-refractivity contribution in [2.75, 3.05) is 18.5 Å². The first-order chi connectivity index (χ1) is 10.6. The lowest BCUT2D eigenvalue weighted by Gasteiger charge is -2.12. The van der Waals surface area contributed by atoms with Gasteiger partial charge >= 0.3 is 6.18 Å². The van der Waals surface area contributed by atoms with Crippen LogP contribution in [0.4, 0.5) is 24.5 Å². The fourth-order valence-electron chi connectivity index (χ4n) is 1.71. The normalized spacial score (nSPS) is 12.6. The Labute approximate surface area is 129 Å². The number of anilines is 1. The fraction of sp³-hybridized carbons (Fsp3) is 0.462. The number of aliphatic hydroxyl groups is 1. The number of hydrogen-bond donors (Lipinski definition) is 3. The van der Waals surface area contributed by atoms with Gasteiger partial charge in [-0.2, -0.15) is 13.2 Å². The van der Waals surface area contributed by atoms with E-state index < -0.39 is 34.3 Å². The van der Waals surface area contributed by atoms with Crippen molar-refractivity contribution in [2.24, 2.45) is 0 Å². The van der Waals surface area contributed by atoms with Crippen molar-refractivity contribution in [1.82, 2.24) is 5.32 Å². The standard InChI is InChI=1S/C13H16F3N3O4/c1-8(7-20)18-12(21)4-5-17-10-3-2-9(13(14,15)16)6-11(10)19(22)23/h2-3,6,8,17,20H,4-5,7H2,1H3,(H,18,21). The average molecular weight is 335 g/mol. The third kappa shape index (κ3) is 5.74. The molecule has 0 fully saturated rings. The van der Waals surface area contributed by atoms with Crippen LogP contribution in [-0.2, 0) is 11.0 Å². The fourth-order valence-corrected chi connectivity index (χ4v) is 1.71. The van der Waals surface area contributed by atoms with Gasteiger partial charge in [0.05, 0.1) is 17.1 Å². The molecule has 1 unspecified atom stereocenters. The molecule has 0 aliphatic heterocycles.